The summed E-state index contributed by atoms with van der Waals surface area (Å²) in [4.78, 5) is 34.7. The van der Waals surface area contributed by atoms with Gasteiger partial charge in [0.2, 0.25) is 5.91 Å². The summed E-state index contributed by atoms with van der Waals surface area (Å²) in [5, 5.41) is 11.4. The Labute approximate surface area is 196 Å². The van der Waals surface area contributed by atoms with Crippen LogP contribution in [0.2, 0.25) is 0 Å². The first kappa shape index (κ1) is 20.5. The molecule has 0 atom stereocenters. The topological polar surface area (TPSA) is 102 Å². The number of fused-ring (bicyclic) bond motifs is 2. The maximum absolute atomic E-state index is 13.5. The molecule has 8 heteroatoms. The predicted octanol–water partition coefficient (Wildman–Crippen LogP) is 4.53. The van der Waals surface area contributed by atoms with Gasteiger partial charge in [-0.05, 0) is 74.6 Å². The summed E-state index contributed by atoms with van der Waals surface area (Å²) in [7, 11) is 0. The van der Waals surface area contributed by atoms with Crippen LogP contribution in [0.5, 0.6) is 0 Å². The van der Waals surface area contributed by atoms with Crippen molar-refractivity contribution in [3.05, 3.63) is 71.2 Å². The number of nitrogens with zero attached hydrogens (tertiary/aromatic N) is 4. The lowest BCUT2D eigenvalue weighted by Gasteiger charge is -2.12. The summed E-state index contributed by atoms with van der Waals surface area (Å²) in [6, 6.07) is 13.2. The van der Waals surface area contributed by atoms with Crippen LogP contribution in [0.3, 0.4) is 0 Å². The van der Waals surface area contributed by atoms with E-state index in [4.69, 9.17) is 4.98 Å². The molecule has 6 rings (SSSR count). The minimum absolute atomic E-state index is 0.0303. The minimum Gasteiger partial charge on any atom is -0.326 e. The van der Waals surface area contributed by atoms with E-state index in [0.29, 0.717) is 35.1 Å². The Balaban J connectivity index is 1.41. The Bertz CT molecular complexity index is 1440. The number of nitrogens with one attached hydrogen (secondary N) is 2. The second kappa shape index (κ2) is 8.06. The van der Waals surface area contributed by atoms with E-state index in [1.807, 2.05) is 49.4 Å². The maximum Gasteiger partial charge on any atom is 0.256 e. The lowest BCUT2D eigenvalue weighted by molar-refractivity contribution is -0.116. The first-order valence-corrected chi connectivity index (χ1v) is 11.6. The number of amides is 2. The Hall–Kier alpha value is -4.07. The van der Waals surface area contributed by atoms with Gasteiger partial charge in [-0.25, -0.2) is 9.97 Å². The summed E-state index contributed by atoms with van der Waals surface area (Å²) >= 11 is 0. The van der Waals surface area contributed by atoms with Gasteiger partial charge >= 0.3 is 0 Å². The summed E-state index contributed by atoms with van der Waals surface area (Å²) < 4.78 is 1.72. The summed E-state index contributed by atoms with van der Waals surface area (Å²) in [5.41, 5.74) is 5.40. The zero-order valence-electron chi connectivity index (χ0n) is 18.8. The van der Waals surface area contributed by atoms with Gasteiger partial charge in [-0.1, -0.05) is 6.07 Å². The molecule has 1 aliphatic carbocycles. The van der Waals surface area contributed by atoms with Crippen LogP contribution in [0.4, 0.5) is 11.4 Å². The molecule has 1 aromatic carbocycles. The van der Waals surface area contributed by atoms with Crippen molar-refractivity contribution < 1.29 is 9.59 Å². The number of pyridine rings is 2. The van der Waals surface area contributed by atoms with Gasteiger partial charge in [0.1, 0.15) is 0 Å². The highest BCUT2D eigenvalue weighted by molar-refractivity contribution is 6.13. The number of hydrogen-bond acceptors (Lipinski definition) is 5. The molecule has 1 fully saturated rings. The van der Waals surface area contributed by atoms with Gasteiger partial charge in [-0.15, -0.1) is 0 Å². The molecular formula is C26H24N6O2. The first-order valence-electron chi connectivity index (χ1n) is 11.6. The van der Waals surface area contributed by atoms with E-state index in [-0.39, 0.29) is 11.8 Å². The van der Waals surface area contributed by atoms with Gasteiger partial charge in [-0.3, -0.25) is 9.59 Å². The van der Waals surface area contributed by atoms with E-state index in [9.17, 15) is 9.59 Å². The van der Waals surface area contributed by atoms with Crippen LogP contribution in [0.25, 0.3) is 16.9 Å². The highest BCUT2D eigenvalue weighted by Gasteiger charge is 2.29. The van der Waals surface area contributed by atoms with Crippen molar-refractivity contribution >= 4 is 34.2 Å². The molecule has 8 nitrogen and oxygen atoms in total. The van der Waals surface area contributed by atoms with Gasteiger partial charge in [0.25, 0.3) is 5.91 Å². The average molecular weight is 453 g/mol. The van der Waals surface area contributed by atoms with Crippen LogP contribution in [-0.2, 0) is 11.2 Å². The Morgan fingerprint density at radius 3 is 2.82 bits per heavy atom. The molecule has 0 bridgehead atoms. The lowest BCUT2D eigenvalue weighted by Crippen LogP contribution is -2.14. The third kappa shape index (κ3) is 3.71. The van der Waals surface area contributed by atoms with Crippen LogP contribution >= 0.6 is 0 Å². The van der Waals surface area contributed by atoms with Gasteiger partial charge in [0.05, 0.1) is 16.6 Å². The minimum atomic E-state index is -0.199. The number of carbonyl (C=O) groups is 2. The molecule has 34 heavy (non-hydrogen) atoms. The zero-order valence-corrected chi connectivity index (χ0v) is 18.8. The fourth-order valence-electron chi connectivity index (χ4n) is 4.57. The van der Waals surface area contributed by atoms with E-state index in [1.54, 1.807) is 10.9 Å². The normalized spacial score (nSPS) is 15.5. The molecule has 3 aromatic heterocycles. The number of aryl methyl sites for hydroxylation is 2. The Morgan fingerprint density at radius 2 is 2.03 bits per heavy atom. The highest BCUT2D eigenvalue weighted by Crippen LogP contribution is 2.41. The summed E-state index contributed by atoms with van der Waals surface area (Å²) in [6.07, 6.45) is 5.96. The van der Waals surface area contributed by atoms with Crippen LogP contribution < -0.4 is 10.6 Å². The van der Waals surface area contributed by atoms with Crippen molar-refractivity contribution in [2.45, 2.75) is 44.9 Å². The van der Waals surface area contributed by atoms with Crippen LogP contribution in [0.1, 0.15) is 58.9 Å². The number of anilines is 2. The number of carbonyl (C=O) groups excluding carboxylic acids is 2. The fraction of sp³-hybridized carbons (Fsp3) is 0.269. The van der Waals surface area contributed by atoms with Crippen LogP contribution in [0.15, 0.2) is 48.7 Å². The number of hydrogen-bond donors (Lipinski definition) is 2. The molecule has 0 saturated heterocycles. The number of aromatic nitrogens is 4. The first-order chi connectivity index (χ1) is 16.6. The molecule has 2 amide bonds. The molecule has 4 heterocycles. The van der Waals surface area contributed by atoms with E-state index in [2.05, 4.69) is 20.7 Å². The van der Waals surface area contributed by atoms with Gasteiger partial charge < -0.3 is 10.6 Å². The van der Waals surface area contributed by atoms with Gasteiger partial charge in [0.15, 0.2) is 11.5 Å². The molecular weight excluding hydrogens is 428 g/mol. The molecule has 1 saturated carbocycles. The third-order valence-electron chi connectivity index (χ3n) is 6.43. The van der Waals surface area contributed by atoms with Gasteiger partial charge in [0, 0.05) is 35.6 Å². The lowest BCUT2D eigenvalue weighted by atomic mass is 10.1. The zero-order chi connectivity index (χ0) is 23.2. The smallest absolute Gasteiger partial charge is 0.256 e. The largest absolute Gasteiger partial charge is 0.326 e. The summed E-state index contributed by atoms with van der Waals surface area (Å²) in [6.45, 7) is 1.89. The predicted molar refractivity (Wildman–Crippen MR) is 129 cm³/mol. The van der Waals surface area contributed by atoms with E-state index < -0.39 is 0 Å². The molecule has 1 aliphatic heterocycles. The molecule has 170 valence electrons. The molecule has 2 N–H and O–H groups in total. The second-order valence-electron chi connectivity index (χ2n) is 8.98. The molecule has 4 aromatic rings. The highest BCUT2D eigenvalue weighted by atomic mass is 16.2. The third-order valence-corrected chi connectivity index (χ3v) is 6.43. The quantitative estimate of drug-likeness (QED) is 0.474. The summed E-state index contributed by atoms with van der Waals surface area (Å²) in [5.74, 6) is 0.873. The van der Waals surface area contributed by atoms with E-state index in [0.717, 1.165) is 53.7 Å². The Morgan fingerprint density at radius 1 is 1.15 bits per heavy atom. The van der Waals surface area contributed by atoms with Crippen molar-refractivity contribution in [2.75, 3.05) is 10.6 Å². The van der Waals surface area contributed by atoms with Gasteiger partial charge in [-0.2, -0.15) is 9.78 Å². The Kier molecular flexibility index (Phi) is 4.86. The fourth-order valence-corrected chi connectivity index (χ4v) is 4.57. The molecule has 0 unspecified atom stereocenters. The SMILES string of the molecule is Cc1nn(-c2ccccn2)c2nc(C3CC3)cc(C(=O)Nc3ccc4c(c3)CCCC(=O)N4)c12. The van der Waals surface area contributed by atoms with Crippen molar-refractivity contribution in [3.8, 4) is 5.82 Å². The number of benzene rings is 1. The van der Waals surface area contributed by atoms with E-state index >= 15 is 0 Å². The number of rotatable bonds is 4. The maximum atomic E-state index is 13.5. The van der Waals surface area contributed by atoms with Crippen molar-refractivity contribution in [3.63, 3.8) is 0 Å². The van der Waals surface area contributed by atoms with Crippen molar-refractivity contribution in [2.24, 2.45) is 0 Å². The van der Waals surface area contributed by atoms with Crippen LogP contribution in [-0.4, -0.2) is 31.6 Å². The monoisotopic (exact) mass is 452 g/mol. The molecule has 2 aliphatic rings. The molecule has 0 radical (unpaired) electrons. The standard InChI is InChI=1S/C26H24N6O2/c1-15-24-19(26(34)28-18-10-11-20-17(13-18)5-4-7-23(33)29-20)14-21(16-8-9-16)30-25(24)32(31-15)22-6-2-3-12-27-22/h2-3,6,10-14,16H,4-5,7-9H2,1H3,(H,28,34)(H,29,33). The van der Waals surface area contributed by atoms with Crippen molar-refractivity contribution in [1.82, 2.24) is 19.7 Å². The van der Waals surface area contributed by atoms with Crippen LogP contribution in [0, 0.1) is 6.92 Å². The second-order valence-corrected chi connectivity index (χ2v) is 8.98. The van der Waals surface area contributed by atoms with Crippen molar-refractivity contribution in [1.29, 1.82) is 0 Å². The average Bonchev–Trinajstić information content (AvgIpc) is 3.66. The van der Waals surface area contributed by atoms with E-state index in [1.165, 1.54) is 0 Å². The molecule has 0 spiro atoms.